The number of para-hydroxylation sites is 1. The molecule has 0 radical (unpaired) electrons. The van der Waals surface area contributed by atoms with Gasteiger partial charge in [-0.05, 0) is 44.0 Å². The molecule has 2 fully saturated rings. The first-order valence-electron chi connectivity index (χ1n) is 11.5. The predicted octanol–water partition coefficient (Wildman–Crippen LogP) is 3.85. The number of Topliss-reactive ketones (excluding diaryl/α,β-unsaturated/α-hetero) is 1. The Kier molecular flexibility index (Phi) is 5.11. The lowest BCUT2D eigenvalue weighted by Crippen LogP contribution is -2.50. The zero-order chi connectivity index (χ0) is 24.3. The van der Waals surface area contributed by atoms with Gasteiger partial charge in [-0.3, -0.25) is 29.4 Å². The Labute approximate surface area is 197 Å². The molecule has 34 heavy (non-hydrogen) atoms. The summed E-state index contributed by atoms with van der Waals surface area (Å²) in [7, 11) is 0. The van der Waals surface area contributed by atoms with E-state index in [1.54, 1.807) is 0 Å². The molecule has 0 aromatic heterocycles. The summed E-state index contributed by atoms with van der Waals surface area (Å²) in [5.41, 5.74) is 2.94. The van der Waals surface area contributed by atoms with E-state index in [9.17, 15) is 24.5 Å². The number of amides is 2. The van der Waals surface area contributed by atoms with Crippen molar-refractivity contribution >= 4 is 34.5 Å². The number of ketones is 1. The number of hydrogen-bond acceptors (Lipinski definition) is 6. The molecule has 8 nitrogen and oxygen atoms in total. The van der Waals surface area contributed by atoms with E-state index >= 15 is 0 Å². The number of fused-ring (bicyclic) bond motifs is 5. The fourth-order valence-corrected chi connectivity index (χ4v) is 5.66. The van der Waals surface area contributed by atoms with Gasteiger partial charge in [0.1, 0.15) is 6.04 Å². The molecule has 2 aromatic carbocycles. The highest BCUT2D eigenvalue weighted by molar-refractivity contribution is 6.14. The number of carbonyl (C=O) groups excluding carboxylic acids is 3. The van der Waals surface area contributed by atoms with Gasteiger partial charge < -0.3 is 4.90 Å². The summed E-state index contributed by atoms with van der Waals surface area (Å²) in [4.78, 5) is 54.9. The van der Waals surface area contributed by atoms with E-state index in [0.29, 0.717) is 6.42 Å². The van der Waals surface area contributed by atoms with Crippen molar-refractivity contribution in [2.45, 2.75) is 45.3 Å². The Morgan fingerprint density at radius 1 is 1.06 bits per heavy atom. The van der Waals surface area contributed by atoms with Gasteiger partial charge >= 0.3 is 0 Å². The molecule has 3 aliphatic rings. The average Bonchev–Trinajstić information content (AvgIpc) is 3.31. The van der Waals surface area contributed by atoms with Gasteiger partial charge in [0.2, 0.25) is 11.8 Å². The second kappa shape index (κ2) is 7.90. The molecule has 0 saturated carbocycles. The molecule has 2 aromatic rings. The van der Waals surface area contributed by atoms with Crippen molar-refractivity contribution in [3.8, 4) is 0 Å². The quantitative estimate of drug-likeness (QED) is 0.291. The van der Waals surface area contributed by atoms with Gasteiger partial charge in [-0.1, -0.05) is 31.2 Å². The summed E-state index contributed by atoms with van der Waals surface area (Å²) in [6, 6.07) is 11.6. The van der Waals surface area contributed by atoms with Crippen LogP contribution in [-0.2, 0) is 9.59 Å². The highest BCUT2D eigenvalue weighted by atomic mass is 16.6. The summed E-state index contributed by atoms with van der Waals surface area (Å²) >= 11 is 0. The van der Waals surface area contributed by atoms with Gasteiger partial charge in [-0.2, -0.15) is 0 Å². The lowest BCUT2D eigenvalue weighted by Gasteiger charge is -2.38. The minimum Gasteiger partial charge on any atom is -0.352 e. The van der Waals surface area contributed by atoms with Crippen LogP contribution in [0.2, 0.25) is 0 Å². The normalized spacial score (nSPS) is 26.0. The van der Waals surface area contributed by atoms with Crippen LogP contribution >= 0.6 is 0 Å². The number of nitro benzene ring substituents is 1. The first-order valence-corrected chi connectivity index (χ1v) is 11.5. The number of likely N-dealkylation sites (tertiary alicyclic amines) is 1. The Morgan fingerprint density at radius 3 is 2.35 bits per heavy atom. The van der Waals surface area contributed by atoms with Crippen LogP contribution in [0.25, 0.3) is 5.57 Å². The van der Waals surface area contributed by atoms with E-state index in [1.165, 1.54) is 29.2 Å². The fourth-order valence-electron chi connectivity index (χ4n) is 5.66. The topological polar surface area (TPSA) is 101 Å². The SMILES string of the molecule is CC[C@@H](C)N1C(=O)[C@@H]2[C@H](C1=O)[C@@H]1C=C(C)c3ccccc3N1[C@@H]2C(=O)c1ccc([N+](=O)[O-])cc1. The van der Waals surface area contributed by atoms with Crippen molar-refractivity contribution in [1.29, 1.82) is 0 Å². The third kappa shape index (κ3) is 3.01. The highest BCUT2D eigenvalue weighted by Crippen LogP contribution is 2.50. The maximum absolute atomic E-state index is 13.9. The molecule has 0 N–H and O–H groups in total. The van der Waals surface area contributed by atoms with Gasteiger partial charge in [-0.25, -0.2) is 0 Å². The molecule has 174 valence electrons. The van der Waals surface area contributed by atoms with Crippen LogP contribution < -0.4 is 4.90 Å². The second-order valence-electron chi connectivity index (χ2n) is 9.23. The summed E-state index contributed by atoms with van der Waals surface area (Å²) < 4.78 is 0. The number of carbonyl (C=O) groups is 3. The molecule has 0 spiro atoms. The molecule has 0 unspecified atom stereocenters. The van der Waals surface area contributed by atoms with Crippen molar-refractivity contribution in [1.82, 2.24) is 4.90 Å². The largest absolute Gasteiger partial charge is 0.352 e. The van der Waals surface area contributed by atoms with Crippen LogP contribution in [0.3, 0.4) is 0 Å². The lowest BCUT2D eigenvalue weighted by molar-refractivity contribution is -0.384. The predicted molar refractivity (Wildman–Crippen MR) is 126 cm³/mol. The smallest absolute Gasteiger partial charge is 0.269 e. The Bertz CT molecular complexity index is 1250. The van der Waals surface area contributed by atoms with E-state index in [4.69, 9.17) is 0 Å². The molecule has 8 heteroatoms. The number of benzene rings is 2. The molecule has 3 aliphatic heterocycles. The van der Waals surface area contributed by atoms with Crippen molar-refractivity contribution < 1.29 is 19.3 Å². The van der Waals surface area contributed by atoms with Crippen molar-refractivity contribution in [2.75, 3.05) is 4.90 Å². The van der Waals surface area contributed by atoms with Gasteiger partial charge in [-0.15, -0.1) is 0 Å². The maximum Gasteiger partial charge on any atom is 0.269 e. The number of hydrogen-bond donors (Lipinski definition) is 0. The Balaban J connectivity index is 1.65. The summed E-state index contributed by atoms with van der Waals surface area (Å²) in [6.07, 6.45) is 2.62. The number of non-ortho nitro benzene ring substituents is 1. The molecule has 2 saturated heterocycles. The van der Waals surface area contributed by atoms with Gasteiger partial charge in [0.25, 0.3) is 5.69 Å². The third-order valence-electron chi connectivity index (χ3n) is 7.45. The van der Waals surface area contributed by atoms with Crippen LogP contribution in [0.4, 0.5) is 11.4 Å². The maximum atomic E-state index is 13.9. The lowest BCUT2D eigenvalue weighted by atomic mass is 9.85. The molecule has 3 heterocycles. The molecule has 0 bridgehead atoms. The van der Waals surface area contributed by atoms with Gasteiger partial charge in [0.05, 0.1) is 22.8 Å². The molecule has 0 aliphatic carbocycles. The van der Waals surface area contributed by atoms with Crippen LogP contribution in [0.15, 0.2) is 54.6 Å². The minimum absolute atomic E-state index is 0.115. The fraction of sp³-hybridized carbons (Fsp3) is 0.346. The van der Waals surface area contributed by atoms with Gasteiger partial charge in [0.15, 0.2) is 5.78 Å². The first kappa shape index (κ1) is 22.0. The molecule has 2 amide bonds. The second-order valence-corrected chi connectivity index (χ2v) is 9.23. The van der Waals surface area contributed by atoms with Crippen molar-refractivity contribution in [2.24, 2.45) is 11.8 Å². The standard InChI is InChI=1S/C26H25N3O5/c1-4-15(3)27-25(31)21-20-13-14(2)18-7-5-6-8-19(18)28(20)23(22(21)26(27)32)24(30)16-9-11-17(12-10-16)29(33)34/h5-13,15,20-23H,4H2,1-3H3/t15-,20+,21-,22-,23+/m1/s1. The number of nitrogens with zero attached hydrogens (tertiary/aromatic N) is 3. The van der Waals surface area contributed by atoms with Crippen LogP contribution in [0.1, 0.15) is 43.1 Å². The van der Waals surface area contributed by atoms with Crippen LogP contribution in [0.5, 0.6) is 0 Å². The first-order chi connectivity index (χ1) is 16.3. The van der Waals surface area contributed by atoms with Crippen LogP contribution in [0, 0.1) is 22.0 Å². The molecule has 5 rings (SSSR count). The van der Waals surface area contributed by atoms with E-state index < -0.39 is 28.8 Å². The zero-order valence-electron chi connectivity index (χ0n) is 19.2. The van der Waals surface area contributed by atoms with Crippen LogP contribution in [-0.4, -0.2) is 45.5 Å². The Hall–Kier alpha value is -3.81. The zero-order valence-corrected chi connectivity index (χ0v) is 19.2. The van der Waals surface area contributed by atoms with Crippen molar-refractivity contribution in [3.05, 3.63) is 75.8 Å². The van der Waals surface area contributed by atoms with E-state index in [0.717, 1.165) is 16.8 Å². The number of rotatable bonds is 5. The summed E-state index contributed by atoms with van der Waals surface area (Å²) in [6.45, 7) is 5.75. The Morgan fingerprint density at radius 2 is 1.71 bits per heavy atom. The molecular weight excluding hydrogens is 434 g/mol. The summed E-state index contributed by atoms with van der Waals surface area (Å²) in [5, 5.41) is 11.1. The average molecular weight is 460 g/mol. The number of nitro groups is 1. The van der Waals surface area contributed by atoms with Crippen molar-refractivity contribution in [3.63, 3.8) is 0 Å². The van der Waals surface area contributed by atoms with E-state index in [1.807, 2.05) is 56.0 Å². The van der Waals surface area contributed by atoms with Gasteiger partial charge in [0, 0.05) is 35.0 Å². The number of imide groups is 1. The minimum atomic E-state index is -0.882. The number of allylic oxidation sites excluding steroid dienone is 1. The molecular formula is C26H25N3O5. The third-order valence-corrected chi connectivity index (χ3v) is 7.45. The number of anilines is 1. The van der Waals surface area contributed by atoms with E-state index in [2.05, 4.69) is 0 Å². The summed E-state index contributed by atoms with van der Waals surface area (Å²) in [5.74, 6) is -2.34. The molecule has 5 atom stereocenters. The highest BCUT2D eigenvalue weighted by Gasteiger charge is 2.64. The monoisotopic (exact) mass is 459 g/mol. The van der Waals surface area contributed by atoms with E-state index in [-0.39, 0.29) is 34.9 Å².